The number of nitrogens with zero attached hydrogens (tertiary/aromatic N) is 2. The molecule has 1 atom stereocenters. The van der Waals surface area contributed by atoms with E-state index in [1.54, 1.807) is 0 Å². The number of ketones is 1. The second kappa shape index (κ2) is 5.14. The number of H-pyrrole nitrogens is 1. The summed E-state index contributed by atoms with van der Waals surface area (Å²) in [5.41, 5.74) is -2.69. The average molecular weight is 269 g/mol. The highest BCUT2D eigenvalue weighted by Gasteiger charge is 2.24. The summed E-state index contributed by atoms with van der Waals surface area (Å²) in [5, 5.41) is 10.6. The van der Waals surface area contributed by atoms with Crippen LogP contribution in [0.2, 0.25) is 0 Å². The largest absolute Gasteiger partial charge is 0.381 e. The van der Waals surface area contributed by atoms with Crippen LogP contribution in [-0.2, 0) is 16.1 Å². The first kappa shape index (κ1) is 13.1. The van der Waals surface area contributed by atoms with Gasteiger partial charge >= 0.3 is 16.9 Å². The molecule has 1 aromatic rings. The van der Waals surface area contributed by atoms with Crippen molar-refractivity contribution in [1.82, 2.24) is 9.55 Å². The first-order chi connectivity index (χ1) is 8.99. The summed E-state index contributed by atoms with van der Waals surface area (Å²) >= 11 is 0. The van der Waals surface area contributed by atoms with Crippen LogP contribution in [0.5, 0.6) is 0 Å². The Morgan fingerprint density at radius 3 is 2.89 bits per heavy atom. The van der Waals surface area contributed by atoms with Gasteiger partial charge in [-0.15, -0.1) is 0 Å². The van der Waals surface area contributed by atoms with Crippen LogP contribution in [0.4, 0.5) is 5.69 Å². The van der Waals surface area contributed by atoms with Crippen LogP contribution >= 0.6 is 0 Å². The molecule has 0 aromatic carbocycles. The zero-order chi connectivity index (χ0) is 14.0. The number of aromatic amines is 1. The molecular weight excluding hydrogens is 258 g/mol. The van der Waals surface area contributed by atoms with Gasteiger partial charge in [-0.2, -0.15) is 0 Å². The van der Waals surface area contributed by atoms with Crippen molar-refractivity contribution in [2.45, 2.75) is 13.0 Å². The van der Waals surface area contributed by atoms with Crippen LogP contribution in [0.3, 0.4) is 0 Å². The van der Waals surface area contributed by atoms with Crippen LogP contribution in [0.1, 0.15) is 6.42 Å². The number of hydrogen-bond acceptors (Lipinski definition) is 6. The molecule has 1 aliphatic heterocycles. The van der Waals surface area contributed by atoms with Crippen LogP contribution in [0.25, 0.3) is 0 Å². The molecule has 1 aliphatic rings. The van der Waals surface area contributed by atoms with E-state index in [-0.39, 0.29) is 18.2 Å². The molecule has 0 aliphatic carbocycles. The van der Waals surface area contributed by atoms with Gasteiger partial charge < -0.3 is 4.74 Å². The Bertz CT molecular complexity index is 625. The molecule has 2 rings (SSSR count). The Balaban J connectivity index is 2.27. The maximum absolute atomic E-state index is 11.8. The van der Waals surface area contributed by atoms with E-state index in [9.17, 15) is 24.5 Å². The van der Waals surface area contributed by atoms with Gasteiger partial charge in [-0.25, -0.2) is 4.79 Å². The van der Waals surface area contributed by atoms with Crippen molar-refractivity contribution in [3.05, 3.63) is 37.1 Å². The zero-order valence-corrected chi connectivity index (χ0v) is 9.83. The van der Waals surface area contributed by atoms with Crippen molar-refractivity contribution in [3.63, 3.8) is 0 Å². The third-order valence-corrected chi connectivity index (χ3v) is 2.90. The fourth-order valence-electron chi connectivity index (χ4n) is 1.83. The highest BCUT2D eigenvalue weighted by molar-refractivity contribution is 5.81. The Morgan fingerprint density at radius 1 is 1.58 bits per heavy atom. The fourth-order valence-corrected chi connectivity index (χ4v) is 1.83. The molecule has 1 saturated heterocycles. The summed E-state index contributed by atoms with van der Waals surface area (Å²) in [6.45, 7) is 0.459. The maximum Gasteiger partial charge on any atom is 0.350 e. The van der Waals surface area contributed by atoms with Crippen LogP contribution < -0.4 is 11.2 Å². The highest BCUT2D eigenvalue weighted by Crippen LogP contribution is 2.14. The minimum absolute atomic E-state index is 0.249. The van der Waals surface area contributed by atoms with Crippen molar-refractivity contribution in [3.8, 4) is 0 Å². The molecule has 1 N–H and O–H groups in total. The number of Topliss-reactive ketones (excluding diaryl/α,β-unsaturated/α-hetero) is 1. The number of nitro groups is 1. The number of hydrogen-bond donors (Lipinski definition) is 1. The number of aromatic nitrogens is 2. The highest BCUT2D eigenvalue weighted by atomic mass is 16.6. The van der Waals surface area contributed by atoms with Gasteiger partial charge in [-0.05, 0) is 6.42 Å². The van der Waals surface area contributed by atoms with Gasteiger partial charge in [0.05, 0.1) is 24.3 Å². The van der Waals surface area contributed by atoms with Crippen molar-refractivity contribution < 1.29 is 14.5 Å². The monoisotopic (exact) mass is 269 g/mol. The Morgan fingerprint density at radius 2 is 2.32 bits per heavy atom. The van der Waals surface area contributed by atoms with Gasteiger partial charge in [-0.3, -0.25) is 29.3 Å². The molecule has 102 valence electrons. The number of rotatable bonds is 4. The molecule has 2 heterocycles. The molecule has 1 fully saturated rings. The van der Waals surface area contributed by atoms with Crippen molar-refractivity contribution in [1.29, 1.82) is 0 Å². The summed E-state index contributed by atoms with van der Waals surface area (Å²) in [4.78, 5) is 46.0. The summed E-state index contributed by atoms with van der Waals surface area (Å²) in [7, 11) is 0. The van der Waals surface area contributed by atoms with E-state index in [1.165, 1.54) is 0 Å². The summed E-state index contributed by atoms with van der Waals surface area (Å²) < 4.78 is 5.89. The molecule has 9 heteroatoms. The molecule has 0 bridgehead atoms. The lowest BCUT2D eigenvalue weighted by molar-refractivity contribution is -0.386. The van der Waals surface area contributed by atoms with Crippen LogP contribution in [0, 0.1) is 16.0 Å². The summed E-state index contributed by atoms with van der Waals surface area (Å²) in [5.74, 6) is -0.557. The first-order valence-electron chi connectivity index (χ1n) is 5.57. The average Bonchev–Trinajstić information content (AvgIpc) is 2.85. The van der Waals surface area contributed by atoms with Crippen LogP contribution in [-0.4, -0.2) is 33.5 Å². The SMILES string of the molecule is O=C(Cn1cc([N+](=O)[O-])c(=O)[nH]c1=O)C1CCOC1. The van der Waals surface area contributed by atoms with E-state index in [2.05, 4.69) is 0 Å². The van der Waals surface area contributed by atoms with Gasteiger partial charge in [0.1, 0.15) is 0 Å². The maximum atomic E-state index is 11.8. The third kappa shape index (κ3) is 2.76. The van der Waals surface area contributed by atoms with E-state index in [4.69, 9.17) is 4.74 Å². The number of nitrogens with one attached hydrogen (secondary N) is 1. The lowest BCUT2D eigenvalue weighted by Crippen LogP contribution is -2.34. The van der Waals surface area contributed by atoms with E-state index < -0.39 is 21.9 Å². The van der Waals surface area contributed by atoms with Gasteiger partial charge in [0.2, 0.25) is 0 Å². The van der Waals surface area contributed by atoms with Gasteiger partial charge in [0.15, 0.2) is 5.78 Å². The van der Waals surface area contributed by atoms with Gasteiger partial charge in [0.25, 0.3) is 0 Å². The molecule has 1 aromatic heterocycles. The quantitative estimate of drug-likeness (QED) is 0.555. The second-order valence-electron chi connectivity index (χ2n) is 4.19. The molecule has 9 nitrogen and oxygen atoms in total. The van der Waals surface area contributed by atoms with Gasteiger partial charge in [-0.1, -0.05) is 0 Å². The number of carbonyl (C=O) groups is 1. The smallest absolute Gasteiger partial charge is 0.350 e. The van der Waals surface area contributed by atoms with Crippen molar-refractivity contribution in [2.24, 2.45) is 5.92 Å². The third-order valence-electron chi connectivity index (χ3n) is 2.90. The molecule has 0 spiro atoms. The molecule has 1 unspecified atom stereocenters. The first-order valence-corrected chi connectivity index (χ1v) is 5.57. The predicted octanol–water partition coefficient (Wildman–Crippen LogP) is -0.950. The van der Waals surface area contributed by atoms with E-state index in [0.29, 0.717) is 19.6 Å². The standard InChI is InChI=1S/C10H11N3O6/c14-8(6-1-2-19-5-6)4-12-3-7(13(17)18)9(15)11-10(12)16/h3,6H,1-2,4-5H2,(H,11,15,16). The summed E-state index contributed by atoms with van der Waals surface area (Å²) in [6.07, 6.45) is 1.36. The lowest BCUT2D eigenvalue weighted by atomic mass is 10.0. The number of carbonyl (C=O) groups excluding carboxylic acids is 1. The number of ether oxygens (including phenoxy) is 1. The molecule has 0 saturated carbocycles. The van der Waals surface area contributed by atoms with Gasteiger partial charge in [0, 0.05) is 12.5 Å². The normalized spacial score (nSPS) is 18.4. The molecule has 0 amide bonds. The van der Waals surface area contributed by atoms with E-state index in [0.717, 1.165) is 10.8 Å². The van der Waals surface area contributed by atoms with Crippen molar-refractivity contribution >= 4 is 11.5 Å². The predicted molar refractivity (Wildman–Crippen MR) is 61.9 cm³/mol. The topological polar surface area (TPSA) is 124 Å². The second-order valence-corrected chi connectivity index (χ2v) is 4.19. The minimum atomic E-state index is -1.08. The van der Waals surface area contributed by atoms with E-state index >= 15 is 0 Å². The Labute approximate surface area is 106 Å². The lowest BCUT2D eigenvalue weighted by Gasteiger charge is -2.07. The molecule has 0 radical (unpaired) electrons. The minimum Gasteiger partial charge on any atom is -0.381 e. The Kier molecular flexibility index (Phi) is 3.56. The summed E-state index contributed by atoms with van der Waals surface area (Å²) in [6, 6.07) is 0. The molecule has 19 heavy (non-hydrogen) atoms. The fraction of sp³-hybridized carbons (Fsp3) is 0.500. The van der Waals surface area contributed by atoms with Crippen LogP contribution in [0.15, 0.2) is 15.8 Å². The van der Waals surface area contributed by atoms with Crippen molar-refractivity contribution in [2.75, 3.05) is 13.2 Å². The zero-order valence-electron chi connectivity index (χ0n) is 9.83. The van der Waals surface area contributed by atoms with E-state index in [1.807, 2.05) is 4.98 Å². The Hall–Kier alpha value is -2.29. The molecular formula is C10H11N3O6.